The highest BCUT2D eigenvalue weighted by molar-refractivity contribution is 14.0. The van der Waals surface area contributed by atoms with Crippen LogP contribution in [-0.2, 0) is 11.2 Å². The Morgan fingerprint density at radius 3 is 2.62 bits per heavy atom. The summed E-state index contributed by atoms with van der Waals surface area (Å²) < 4.78 is 6.55. The van der Waals surface area contributed by atoms with Gasteiger partial charge in [0.15, 0.2) is 5.96 Å². The van der Waals surface area contributed by atoms with E-state index in [1.807, 2.05) is 13.8 Å². The summed E-state index contributed by atoms with van der Waals surface area (Å²) in [5.74, 6) is 0.841. The van der Waals surface area contributed by atoms with E-state index in [0.717, 1.165) is 25.5 Å². The minimum Gasteiger partial charge on any atom is -0.377 e. The number of halogens is 2. The Balaban J connectivity index is 0.00000400. The molecule has 0 saturated heterocycles. The fraction of sp³-hybridized carbons (Fsp3) is 0.643. The largest absolute Gasteiger partial charge is 0.377 e. The Labute approximate surface area is 157 Å². The molecule has 122 valence electrons. The normalized spacial score (nSPS) is 12.0. The second-order valence-corrected chi connectivity index (χ2v) is 7.59. The van der Waals surface area contributed by atoms with Crippen LogP contribution in [-0.4, -0.2) is 38.3 Å². The molecule has 1 aromatic rings. The summed E-state index contributed by atoms with van der Waals surface area (Å²) >= 11 is 5.25. The molecule has 4 nitrogen and oxygen atoms in total. The fourth-order valence-electron chi connectivity index (χ4n) is 1.47. The van der Waals surface area contributed by atoms with E-state index >= 15 is 0 Å². The first-order valence-electron chi connectivity index (χ1n) is 6.78. The average Bonchev–Trinajstić information content (AvgIpc) is 2.82. The van der Waals surface area contributed by atoms with Gasteiger partial charge in [0.05, 0.1) is 15.9 Å². The number of rotatable bonds is 7. The monoisotopic (exact) mass is 489 g/mol. The molecule has 0 bridgehead atoms. The molecular formula is C14H25BrIN3OS. The topological polar surface area (TPSA) is 45.7 Å². The number of thiophene rings is 1. The van der Waals surface area contributed by atoms with E-state index < -0.39 is 0 Å². The van der Waals surface area contributed by atoms with Crippen LogP contribution < -0.4 is 10.6 Å². The first-order valence-corrected chi connectivity index (χ1v) is 8.39. The van der Waals surface area contributed by atoms with Gasteiger partial charge in [-0.1, -0.05) is 0 Å². The van der Waals surface area contributed by atoms with Crippen molar-refractivity contribution < 1.29 is 4.74 Å². The first kappa shape index (κ1) is 21.1. The molecule has 0 aromatic carbocycles. The van der Waals surface area contributed by atoms with Gasteiger partial charge in [0.2, 0.25) is 0 Å². The summed E-state index contributed by atoms with van der Waals surface area (Å²) in [6.07, 6.45) is 0.994. The molecule has 0 aliphatic rings. The van der Waals surface area contributed by atoms with Crippen molar-refractivity contribution in [2.24, 2.45) is 4.99 Å². The summed E-state index contributed by atoms with van der Waals surface area (Å²) in [6, 6.07) is 4.23. The van der Waals surface area contributed by atoms with Gasteiger partial charge in [0, 0.05) is 25.1 Å². The third-order valence-electron chi connectivity index (χ3n) is 2.81. The van der Waals surface area contributed by atoms with Gasteiger partial charge >= 0.3 is 0 Å². The van der Waals surface area contributed by atoms with Crippen LogP contribution in [0.2, 0.25) is 0 Å². The van der Waals surface area contributed by atoms with Gasteiger partial charge < -0.3 is 15.4 Å². The van der Waals surface area contributed by atoms with E-state index in [1.54, 1.807) is 18.4 Å². The molecular weight excluding hydrogens is 465 g/mol. The number of nitrogens with zero attached hydrogens (tertiary/aromatic N) is 1. The highest BCUT2D eigenvalue weighted by Gasteiger charge is 2.15. The van der Waals surface area contributed by atoms with Crippen molar-refractivity contribution >= 4 is 57.2 Å². The predicted molar refractivity (Wildman–Crippen MR) is 106 cm³/mol. The summed E-state index contributed by atoms with van der Waals surface area (Å²) in [4.78, 5) is 5.91. The van der Waals surface area contributed by atoms with E-state index in [4.69, 9.17) is 4.74 Å². The molecule has 0 atom stereocenters. The van der Waals surface area contributed by atoms with Crippen LogP contribution >= 0.6 is 51.2 Å². The van der Waals surface area contributed by atoms with E-state index in [1.165, 1.54) is 8.66 Å². The molecule has 0 aliphatic carbocycles. The lowest BCUT2D eigenvalue weighted by molar-refractivity contribution is 0.0310. The van der Waals surface area contributed by atoms with Crippen molar-refractivity contribution in [3.63, 3.8) is 0 Å². The lowest BCUT2D eigenvalue weighted by atomic mass is 10.1. The Bertz CT molecular complexity index is 438. The third kappa shape index (κ3) is 9.00. The first-order chi connectivity index (χ1) is 9.46. The maximum atomic E-state index is 5.38. The standard InChI is InChI=1S/C14H24BrN3OS.HI/c1-5-16-13(18-10-14(2,3)19-4)17-9-8-11-6-7-12(15)20-11;/h6-7H,5,8-10H2,1-4H3,(H2,16,17,18);1H. The number of ether oxygens (including phenoxy) is 1. The zero-order chi connectivity index (χ0) is 15.0. The van der Waals surface area contributed by atoms with Gasteiger partial charge in [-0.3, -0.25) is 4.99 Å². The minimum atomic E-state index is -0.235. The van der Waals surface area contributed by atoms with Gasteiger partial charge in [-0.2, -0.15) is 0 Å². The molecule has 21 heavy (non-hydrogen) atoms. The number of methoxy groups -OCH3 is 1. The van der Waals surface area contributed by atoms with E-state index in [0.29, 0.717) is 6.54 Å². The lowest BCUT2D eigenvalue weighted by Gasteiger charge is -2.21. The van der Waals surface area contributed by atoms with Crippen molar-refractivity contribution in [3.8, 4) is 0 Å². The SMILES string of the molecule is CCNC(=NCC(C)(C)OC)NCCc1ccc(Br)s1.I. The smallest absolute Gasteiger partial charge is 0.191 e. The Hall–Kier alpha value is 0.140. The van der Waals surface area contributed by atoms with Crippen LogP contribution in [0.25, 0.3) is 0 Å². The highest BCUT2D eigenvalue weighted by Crippen LogP contribution is 2.21. The molecule has 0 amide bonds. The molecule has 1 heterocycles. The number of guanidine groups is 1. The lowest BCUT2D eigenvalue weighted by Crippen LogP contribution is -2.40. The van der Waals surface area contributed by atoms with Gasteiger partial charge in [-0.15, -0.1) is 35.3 Å². The van der Waals surface area contributed by atoms with Crippen LogP contribution in [0.4, 0.5) is 0 Å². The van der Waals surface area contributed by atoms with Crippen LogP contribution in [0.5, 0.6) is 0 Å². The molecule has 0 fully saturated rings. The highest BCUT2D eigenvalue weighted by atomic mass is 127. The molecule has 7 heteroatoms. The van der Waals surface area contributed by atoms with E-state index in [2.05, 4.69) is 50.6 Å². The fourth-order valence-corrected chi connectivity index (χ4v) is 2.95. The second kappa shape index (κ2) is 10.8. The van der Waals surface area contributed by atoms with Gasteiger partial charge in [-0.25, -0.2) is 0 Å². The number of nitrogens with one attached hydrogen (secondary N) is 2. The quantitative estimate of drug-likeness (QED) is 0.349. The van der Waals surface area contributed by atoms with Crippen LogP contribution in [0.3, 0.4) is 0 Å². The molecule has 0 unspecified atom stereocenters. The van der Waals surface area contributed by atoms with Gasteiger partial charge in [-0.05, 0) is 55.3 Å². The number of hydrogen-bond donors (Lipinski definition) is 2. The molecule has 0 spiro atoms. The molecule has 1 rings (SSSR count). The molecule has 1 aromatic heterocycles. The maximum Gasteiger partial charge on any atom is 0.191 e. The zero-order valence-electron chi connectivity index (χ0n) is 13.0. The Morgan fingerprint density at radius 1 is 1.38 bits per heavy atom. The summed E-state index contributed by atoms with van der Waals surface area (Å²) in [5, 5.41) is 6.60. The molecule has 2 N–H and O–H groups in total. The Morgan fingerprint density at radius 2 is 2.10 bits per heavy atom. The number of hydrogen-bond acceptors (Lipinski definition) is 3. The third-order valence-corrected chi connectivity index (χ3v) is 4.49. The summed E-state index contributed by atoms with van der Waals surface area (Å²) in [5.41, 5.74) is -0.235. The van der Waals surface area contributed by atoms with E-state index in [9.17, 15) is 0 Å². The summed E-state index contributed by atoms with van der Waals surface area (Å²) in [6.45, 7) is 8.47. The average molecular weight is 490 g/mol. The van der Waals surface area contributed by atoms with Crippen molar-refractivity contribution in [3.05, 3.63) is 20.8 Å². The maximum absolute atomic E-state index is 5.38. The van der Waals surface area contributed by atoms with Gasteiger partial charge in [0.25, 0.3) is 0 Å². The Kier molecular flexibility index (Phi) is 10.9. The zero-order valence-corrected chi connectivity index (χ0v) is 17.8. The predicted octanol–water partition coefficient (Wildman–Crippen LogP) is 3.65. The minimum absolute atomic E-state index is 0. The molecule has 0 saturated carbocycles. The molecule has 0 radical (unpaired) electrons. The van der Waals surface area contributed by atoms with Crippen molar-refractivity contribution in [2.75, 3.05) is 26.7 Å². The van der Waals surface area contributed by atoms with Crippen molar-refractivity contribution in [1.29, 1.82) is 0 Å². The van der Waals surface area contributed by atoms with Crippen LogP contribution in [0.1, 0.15) is 25.6 Å². The van der Waals surface area contributed by atoms with Crippen LogP contribution in [0, 0.1) is 0 Å². The van der Waals surface area contributed by atoms with Crippen molar-refractivity contribution in [1.82, 2.24) is 10.6 Å². The number of aliphatic imine (C=N–C) groups is 1. The van der Waals surface area contributed by atoms with Gasteiger partial charge in [0.1, 0.15) is 0 Å². The van der Waals surface area contributed by atoms with E-state index in [-0.39, 0.29) is 29.6 Å². The summed E-state index contributed by atoms with van der Waals surface area (Å²) in [7, 11) is 1.71. The van der Waals surface area contributed by atoms with Crippen molar-refractivity contribution in [2.45, 2.75) is 32.8 Å². The molecule has 0 aliphatic heterocycles. The van der Waals surface area contributed by atoms with Crippen LogP contribution in [0.15, 0.2) is 20.9 Å². The second-order valence-electron chi connectivity index (χ2n) is 5.04.